The van der Waals surface area contributed by atoms with Crippen molar-refractivity contribution < 1.29 is 19.1 Å². The van der Waals surface area contributed by atoms with Gasteiger partial charge in [-0.1, -0.05) is 42.5 Å². The quantitative estimate of drug-likeness (QED) is 0.516. The maximum atomic E-state index is 11.9. The van der Waals surface area contributed by atoms with E-state index in [4.69, 9.17) is 4.74 Å². The Balaban J connectivity index is 1.25. The lowest BCUT2D eigenvalue weighted by Crippen LogP contribution is -2.30. The van der Waals surface area contributed by atoms with Crippen LogP contribution in [0.15, 0.2) is 42.5 Å². The Labute approximate surface area is 165 Å². The molecule has 0 unspecified atom stereocenters. The number of esters is 2. The molecule has 0 radical (unpaired) electrons. The molecule has 1 saturated carbocycles. The first-order valence-corrected chi connectivity index (χ1v) is 10.0. The van der Waals surface area contributed by atoms with Gasteiger partial charge in [0, 0.05) is 31.3 Å². The molecule has 5 heteroatoms. The molecule has 5 nitrogen and oxygen atoms in total. The van der Waals surface area contributed by atoms with Crippen molar-refractivity contribution in [2.45, 2.75) is 37.5 Å². The molecule has 0 bridgehead atoms. The minimum atomic E-state index is -0.233. The molecule has 2 aromatic carbocycles. The van der Waals surface area contributed by atoms with Crippen molar-refractivity contribution in [1.29, 1.82) is 0 Å². The van der Waals surface area contributed by atoms with Gasteiger partial charge in [0.25, 0.3) is 0 Å². The normalized spacial score (nSPS) is 23.4. The van der Waals surface area contributed by atoms with E-state index < -0.39 is 0 Å². The maximum absolute atomic E-state index is 11.9. The molecule has 0 amide bonds. The van der Waals surface area contributed by atoms with Crippen molar-refractivity contribution in [3.8, 4) is 0 Å². The molecule has 1 heterocycles. The molecule has 2 atom stereocenters. The Morgan fingerprint density at radius 3 is 2.61 bits per heavy atom. The number of carbonyl (C=O) groups is 2. The zero-order valence-electron chi connectivity index (χ0n) is 16.4. The van der Waals surface area contributed by atoms with Crippen LogP contribution in [-0.4, -0.2) is 43.8 Å². The van der Waals surface area contributed by atoms with E-state index in [2.05, 4.69) is 52.1 Å². The SMILES string of the molecule is COC(=O)CCCCC(=O)OCN1C[C@H]2C[C@@]2(c2ccc3ccccc3c2)C1. The first-order chi connectivity index (χ1) is 13.6. The summed E-state index contributed by atoms with van der Waals surface area (Å²) in [5.74, 6) is 0.237. The number of piperidine rings is 1. The minimum absolute atomic E-state index is 0.190. The van der Waals surface area contributed by atoms with E-state index in [0.29, 0.717) is 38.3 Å². The van der Waals surface area contributed by atoms with Crippen LogP contribution in [-0.2, 0) is 24.5 Å². The molecule has 0 aromatic heterocycles. The van der Waals surface area contributed by atoms with Gasteiger partial charge in [0.05, 0.1) is 7.11 Å². The van der Waals surface area contributed by atoms with Gasteiger partial charge in [-0.05, 0) is 41.5 Å². The summed E-state index contributed by atoms with van der Waals surface area (Å²) in [6.07, 6.45) is 3.23. The average molecular weight is 381 g/mol. The molecule has 2 fully saturated rings. The van der Waals surface area contributed by atoms with E-state index >= 15 is 0 Å². The van der Waals surface area contributed by atoms with Crippen LogP contribution in [0, 0.1) is 5.92 Å². The third-order valence-electron chi connectivity index (χ3n) is 6.19. The van der Waals surface area contributed by atoms with Gasteiger partial charge in [-0.3, -0.25) is 14.5 Å². The predicted octanol–water partition coefficient (Wildman–Crippen LogP) is 3.65. The number of nitrogens with zero attached hydrogens (tertiary/aromatic N) is 1. The number of fused-ring (bicyclic) bond motifs is 2. The lowest BCUT2D eigenvalue weighted by atomic mass is 9.93. The summed E-state index contributed by atoms with van der Waals surface area (Å²) >= 11 is 0. The highest BCUT2D eigenvalue weighted by Crippen LogP contribution is 2.59. The fourth-order valence-electron chi connectivity index (χ4n) is 4.51. The van der Waals surface area contributed by atoms with E-state index in [1.807, 2.05) is 0 Å². The Kier molecular flexibility index (Phi) is 5.36. The van der Waals surface area contributed by atoms with Gasteiger partial charge in [-0.25, -0.2) is 0 Å². The van der Waals surface area contributed by atoms with Crippen molar-refractivity contribution in [1.82, 2.24) is 4.90 Å². The number of methoxy groups -OCH3 is 1. The smallest absolute Gasteiger partial charge is 0.307 e. The van der Waals surface area contributed by atoms with Crippen molar-refractivity contribution in [3.05, 3.63) is 48.0 Å². The van der Waals surface area contributed by atoms with E-state index in [1.165, 1.54) is 29.9 Å². The maximum Gasteiger partial charge on any atom is 0.307 e. The van der Waals surface area contributed by atoms with Crippen molar-refractivity contribution in [3.63, 3.8) is 0 Å². The molecule has 0 N–H and O–H groups in total. The van der Waals surface area contributed by atoms with E-state index in [-0.39, 0.29) is 17.4 Å². The number of likely N-dealkylation sites (tertiary alicyclic amines) is 1. The summed E-state index contributed by atoms with van der Waals surface area (Å²) in [5.41, 5.74) is 1.64. The highest BCUT2D eigenvalue weighted by atomic mass is 16.5. The highest BCUT2D eigenvalue weighted by molar-refractivity contribution is 5.83. The van der Waals surface area contributed by atoms with E-state index in [0.717, 1.165) is 13.1 Å². The second kappa shape index (κ2) is 7.92. The number of rotatable bonds is 8. The molecule has 4 rings (SSSR count). The monoisotopic (exact) mass is 381 g/mol. The number of hydrogen-bond acceptors (Lipinski definition) is 5. The van der Waals surface area contributed by atoms with Gasteiger partial charge in [-0.2, -0.15) is 0 Å². The van der Waals surface area contributed by atoms with Crippen LogP contribution in [0.4, 0.5) is 0 Å². The molecule has 1 aliphatic carbocycles. The second-order valence-electron chi connectivity index (χ2n) is 8.06. The van der Waals surface area contributed by atoms with Gasteiger partial charge >= 0.3 is 11.9 Å². The fourth-order valence-corrected chi connectivity index (χ4v) is 4.51. The molecule has 2 aromatic rings. The Bertz CT molecular complexity index is 880. The van der Waals surface area contributed by atoms with Gasteiger partial charge in [0.1, 0.15) is 6.73 Å². The largest absolute Gasteiger partial charge is 0.469 e. The lowest BCUT2D eigenvalue weighted by Gasteiger charge is -2.21. The summed E-state index contributed by atoms with van der Waals surface area (Å²) in [4.78, 5) is 25.2. The van der Waals surface area contributed by atoms with Gasteiger partial charge in [0.2, 0.25) is 0 Å². The van der Waals surface area contributed by atoms with Crippen LogP contribution in [0.25, 0.3) is 10.8 Å². The summed E-state index contributed by atoms with van der Waals surface area (Å²) < 4.78 is 10.0. The van der Waals surface area contributed by atoms with E-state index in [1.54, 1.807) is 0 Å². The van der Waals surface area contributed by atoms with Crippen LogP contribution in [0.5, 0.6) is 0 Å². The van der Waals surface area contributed by atoms with E-state index in [9.17, 15) is 9.59 Å². The third-order valence-corrected chi connectivity index (χ3v) is 6.19. The summed E-state index contributed by atoms with van der Waals surface area (Å²) in [7, 11) is 1.38. The number of ether oxygens (including phenoxy) is 2. The van der Waals surface area contributed by atoms with Crippen LogP contribution < -0.4 is 0 Å². The lowest BCUT2D eigenvalue weighted by molar-refractivity contribution is -0.149. The standard InChI is InChI=1S/C23H27NO4/c1-27-21(25)8-4-5-9-22(26)28-16-24-14-20-13-23(20,15-24)19-11-10-17-6-2-3-7-18(17)12-19/h2-3,6-7,10-12,20H,4-5,8-9,13-16H2,1H3/t20-,23+/m1/s1. The van der Waals surface area contributed by atoms with Gasteiger partial charge in [-0.15, -0.1) is 0 Å². The summed E-state index contributed by atoms with van der Waals surface area (Å²) in [6.45, 7) is 2.30. The van der Waals surface area contributed by atoms with Crippen LogP contribution in [0.1, 0.15) is 37.7 Å². The highest BCUT2D eigenvalue weighted by Gasteiger charge is 2.60. The minimum Gasteiger partial charge on any atom is -0.469 e. The topological polar surface area (TPSA) is 55.8 Å². The molecule has 1 saturated heterocycles. The zero-order chi connectivity index (χ0) is 19.6. The third kappa shape index (κ3) is 3.90. The Hall–Kier alpha value is -2.40. The summed E-state index contributed by atoms with van der Waals surface area (Å²) in [5, 5.41) is 2.56. The molecule has 0 spiro atoms. The Morgan fingerprint density at radius 2 is 1.82 bits per heavy atom. The van der Waals surface area contributed by atoms with Crippen LogP contribution in [0.3, 0.4) is 0 Å². The van der Waals surface area contributed by atoms with Crippen molar-refractivity contribution >= 4 is 22.7 Å². The van der Waals surface area contributed by atoms with Crippen molar-refractivity contribution in [2.75, 3.05) is 26.9 Å². The number of unbranched alkanes of at least 4 members (excludes halogenated alkanes) is 1. The molecular weight excluding hydrogens is 354 g/mol. The fraction of sp³-hybridized carbons (Fsp3) is 0.478. The summed E-state index contributed by atoms with van der Waals surface area (Å²) in [6, 6.07) is 15.3. The van der Waals surface area contributed by atoms with Gasteiger partial charge < -0.3 is 9.47 Å². The molecule has 1 aliphatic heterocycles. The van der Waals surface area contributed by atoms with Gasteiger partial charge in [0.15, 0.2) is 0 Å². The first kappa shape index (κ1) is 18.9. The zero-order valence-corrected chi connectivity index (χ0v) is 16.4. The molecule has 148 valence electrons. The Morgan fingerprint density at radius 1 is 1.07 bits per heavy atom. The predicted molar refractivity (Wildman–Crippen MR) is 107 cm³/mol. The molecular formula is C23H27NO4. The molecule has 28 heavy (non-hydrogen) atoms. The first-order valence-electron chi connectivity index (χ1n) is 10.0. The molecule has 2 aliphatic rings. The second-order valence-corrected chi connectivity index (χ2v) is 8.06. The van der Waals surface area contributed by atoms with Crippen LogP contribution in [0.2, 0.25) is 0 Å². The number of hydrogen-bond donors (Lipinski definition) is 0. The number of carbonyl (C=O) groups excluding carboxylic acids is 2. The van der Waals surface area contributed by atoms with Crippen molar-refractivity contribution in [2.24, 2.45) is 5.92 Å². The van der Waals surface area contributed by atoms with Crippen LogP contribution >= 0.6 is 0 Å². The average Bonchev–Trinajstić information content (AvgIpc) is 3.30. The number of benzene rings is 2.